The van der Waals surface area contributed by atoms with Gasteiger partial charge < -0.3 is 10.2 Å². The summed E-state index contributed by atoms with van der Waals surface area (Å²) in [5, 5.41) is 20.5. The van der Waals surface area contributed by atoms with Gasteiger partial charge in [-0.15, -0.1) is 12.4 Å². The van der Waals surface area contributed by atoms with E-state index in [4.69, 9.17) is 5.10 Å². The van der Waals surface area contributed by atoms with E-state index in [0.717, 1.165) is 68.5 Å². The molecule has 2 aliphatic rings. The highest BCUT2D eigenvalue weighted by Gasteiger charge is 2.24. The van der Waals surface area contributed by atoms with Gasteiger partial charge in [0.05, 0.1) is 16.5 Å². The van der Waals surface area contributed by atoms with E-state index in [2.05, 4.69) is 10.2 Å². The Bertz CT molecular complexity index is 751. The van der Waals surface area contributed by atoms with Gasteiger partial charge in [-0.25, -0.2) is 0 Å². The maximum absolute atomic E-state index is 11.6. The molecule has 2 saturated heterocycles. The third-order valence-corrected chi connectivity index (χ3v) is 5.19. The zero-order valence-electron chi connectivity index (χ0n) is 14.2. The van der Waals surface area contributed by atoms with E-state index in [1.807, 2.05) is 16.9 Å². The minimum atomic E-state index is -0.259. The van der Waals surface area contributed by atoms with Crippen LogP contribution in [0.25, 0.3) is 10.9 Å². The summed E-state index contributed by atoms with van der Waals surface area (Å²) in [6, 6.07) is 4.00. The maximum Gasteiger partial charge on any atom is 0.293 e. The first kappa shape index (κ1) is 17.9. The molecule has 4 rings (SSSR count). The molecule has 2 fully saturated rings. The van der Waals surface area contributed by atoms with Gasteiger partial charge in [0.2, 0.25) is 0 Å². The number of fused-ring (bicyclic) bond motifs is 1. The molecule has 2 aliphatic heterocycles. The molecular weight excluding hydrogens is 342 g/mol. The molecule has 0 unspecified atom stereocenters. The number of nitro benzene ring substituents is 1. The van der Waals surface area contributed by atoms with Gasteiger partial charge in [0.1, 0.15) is 5.69 Å². The molecule has 136 valence electrons. The van der Waals surface area contributed by atoms with Gasteiger partial charge in [-0.3, -0.25) is 14.8 Å². The minimum Gasteiger partial charge on any atom is -0.366 e. The number of hydrogen-bond acceptors (Lipinski definition) is 5. The number of aromatic nitrogens is 2. The zero-order chi connectivity index (χ0) is 16.5. The second-order valence-electron chi connectivity index (χ2n) is 6.79. The lowest BCUT2D eigenvalue weighted by Gasteiger charge is -2.28. The molecule has 0 atom stereocenters. The summed E-state index contributed by atoms with van der Waals surface area (Å²) in [7, 11) is 0. The molecule has 7 nitrogen and oxygen atoms in total. The fourth-order valence-corrected chi connectivity index (χ4v) is 3.86. The molecule has 8 heteroatoms. The molecule has 0 spiro atoms. The van der Waals surface area contributed by atoms with Crippen LogP contribution in [0.3, 0.4) is 0 Å². The lowest BCUT2D eigenvalue weighted by atomic mass is 10.1. The molecule has 1 N–H and O–H groups in total. The van der Waals surface area contributed by atoms with Crippen LogP contribution < -0.4 is 10.2 Å². The summed E-state index contributed by atoms with van der Waals surface area (Å²) in [5.41, 5.74) is 1.79. The number of nitrogens with zero attached hydrogens (tertiary/aromatic N) is 4. The Hall–Kier alpha value is -1.86. The number of halogens is 1. The quantitative estimate of drug-likeness (QED) is 0.667. The summed E-state index contributed by atoms with van der Waals surface area (Å²) in [6.07, 6.45) is 7.47. The molecule has 0 radical (unpaired) electrons. The number of nitrogens with one attached hydrogen (secondary N) is 1. The molecule has 25 heavy (non-hydrogen) atoms. The summed E-state index contributed by atoms with van der Waals surface area (Å²) < 4.78 is 2.01. The lowest BCUT2D eigenvalue weighted by Crippen LogP contribution is -2.30. The Morgan fingerprint density at radius 1 is 1.16 bits per heavy atom. The standard InChI is InChI=1S/C17H23N5O2.ClH/c23-22(24)17-10-13-12-21(14-4-6-18-7-5-14)19-15(13)11-16(17)20-8-2-1-3-9-20;/h10-12,14,18H,1-9H2;1H. The summed E-state index contributed by atoms with van der Waals surface area (Å²) in [5.74, 6) is 0. The van der Waals surface area contributed by atoms with Crippen LogP contribution in [-0.4, -0.2) is 40.9 Å². The van der Waals surface area contributed by atoms with Crippen LogP contribution in [0.1, 0.15) is 38.1 Å². The first-order valence-corrected chi connectivity index (χ1v) is 8.85. The van der Waals surface area contributed by atoms with Crippen molar-refractivity contribution in [2.24, 2.45) is 0 Å². The van der Waals surface area contributed by atoms with Crippen molar-refractivity contribution < 1.29 is 4.92 Å². The molecular formula is C17H24ClN5O2. The molecule has 0 saturated carbocycles. The van der Waals surface area contributed by atoms with Gasteiger partial charge in [0, 0.05) is 30.7 Å². The molecule has 1 aromatic heterocycles. The highest BCUT2D eigenvalue weighted by atomic mass is 35.5. The van der Waals surface area contributed by atoms with Crippen LogP contribution in [0.4, 0.5) is 11.4 Å². The number of piperidine rings is 2. The van der Waals surface area contributed by atoms with Crippen LogP contribution >= 0.6 is 12.4 Å². The van der Waals surface area contributed by atoms with E-state index in [1.165, 1.54) is 6.42 Å². The van der Waals surface area contributed by atoms with Crippen molar-refractivity contribution >= 4 is 34.7 Å². The van der Waals surface area contributed by atoms with E-state index in [1.54, 1.807) is 6.07 Å². The van der Waals surface area contributed by atoms with E-state index in [-0.39, 0.29) is 23.0 Å². The fourth-order valence-electron chi connectivity index (χ4n) is 3.86. The monoisotopic (exact) mass is 365 g/mol. The Morgan fingerprint density at radius 2 is 1.88 bits per heavy atom. The van der Waals surface area contributed by atoms with Gasteiger partial charge in [-0.1, -0.05) is 0 Å². The van der Waals surface area contributed by atoms with Crippen molar-refractivity contribution in [3.63, 3.8) is 0 Å². The van der Waals surface area contributed by atoms with Crippen molar-refractivity contribution in [1.29, 1.82) is 0 Å². The first-order chi connectivity index (χ1) is 11.7. The van der Waals surface area contributed by atoms with E-state index in [9.17, 15) is 10.1 Å². The number of benzene rings is 1. The second kappa shape index (κ2) is 7.58. The van der Waals surface area contributed by atoms with Crippen molar-refractivity contribution in [3.05, 3.63) is 28.4 Å². The number of nitro groups is 1. The van der Waals surface area contributed by atoms with Gasteiger partial charge >= 0.3 is 0 Å². The molecule has 2 aromatic rings. The predicted octanol–water partition coefficient (Wildman–Crippen LogP) is 3.28. The summed E-state index contributed by atoms with van der Waals surface area (Å²) in [6.45, 7) is 3.78. The van der Waals surface area contributed by atoms with E-state index < -0.39 is 0 Å². The van der Waals surface area contributed by atoms with Gasteiger partial charge in [0.15, 0.2) is 0 Å². The number of anilines is 1. The van der Waals surface area contributed by atoms with Crippen molar-refractivity contribution in [2.75, 3.05) is 31.1 Å². The summed E-state index contributed by atoms with van der Waals surface area (Å²) in [4.78, 5) is 13.4. The lowest BCUT2D eigenvalue weighted by molar-refractivity contribution is -0.384. The second-order valence-corrected chi connectivity index (χ2v) is 6.79. The fraction of sp³-hybridized carbons (Fsp3) is 0.588. The predicted molar refractivity (Wildman–Crippen MR) is 101 cm³/mol. The van der Waals surface area contributed by atoms with Crippen LogP contribution in [-0.2, 0) is 0 Å². The van der Waals surface area contributed by atoms with Crippen molar-refractivity contribution in [1.82, 2.24) is 15.1 Å². The van der Waals surface area contributed by atoms with Gasteiger partial charge in [-0.05, 0) is 51.3 Å². The summed E-state index contributed by atoms with van der Waals surface area (Å²) >= 11 is 0. The van der Waals surface area contributed by atoms with Crippen molar-refractivity contribution in [3.8, 4) is 0 Å². The Morgan fingerprint density at radius 3 is 2.56 bits per heavy atom. The first-order valence-electron chi connectivity index (χ1n) is 8.85. The topological polar surface area (TPSA) is 76.2 Å². The smallest absolute Gasteiger partial charge is 0.293 e. The average Bonchev–Trinajstić information content (AvgIpc) is 3.05. The minimum absolute atomic E-state index is 0. The number of rotatable bonds is 3. The molecule has 3 heterocycles. The normalized spacial score (nSPS) is 19.0. The van der Waals surface area contributed by atoms with Crippen LogP contribution in [0.15, 0.2) is 18.3 Å². The largest absolute Gasteiger partial charge is 0.366 e. The van der Waals surface area contributed by atoms with E-state index >= 15 is 0 Å². The highest BCUT2D eigenvalue weighted by Crippen LogP contribution is 2.35. The number of hydrogen-bond donors (Lipinski definition) is 1. The molecule has 1 aromatic carbocycles. The van der Waals surface area contributed by atoms with Gasteiger partial charge in [0.25, 0.3) is 5.69 Å². The Kier molecular flexibility index (Phi) is 5.44. The van der Waals surface area contributed by atoms with Gasteiger partial charge in [-0.2, -0.15) is 5.10 Å². The Labute approximate surface area is 152 Å². The molecule has 0 bridgehead atoms. The van der Waals surface area contributed by atoms with Crippen LogP contribution in [0.2, 0.25) is 0 Å². The van der Waals surface area contributed by atoms with E-state index in [0.29, 0.717) is 6.04 Å². The highest BCUT2D eigenvalue weighted by molar-refractivity contribution is 5.87. The molecule has 0 aliphatic carbocycles. The third-order valence-electron chi connectivity index (χ3n) is 5.19. The Balaban J connectivity index is 0.00000182. The maximum atomic E-state index is 11.6. The zero-order valence-corrected chi connectivity index (χ0v) is 15.0. The van der Waals surface area contributed by atoms with Crippen LogP contribution in [0.5, 0.6) is 0 Å². The average molecular weight is 366 g/mol. The van der Waals surface area contributed by atoms with Crippen LogP contribution in [0, 0.1) is 10.1 Å². The molecule has 0 amide bonds. The van der Waals surface area contributed by atoms with Crippen molar-refractivity contribution in [2.45, 2.75) is 38.1 Å². The SMILES string of the molecule is Cl.O=[N+]([O-])c1cc2cn(C3CCNCC3)nc2cc1N1CCCCC1. The third kappa shape index (κ3) is 3.57.